The summed E-state index contributed by atoms with van der Waals surface area (Å²) >= 11 is 0. The molecular formula is C58H106NO9P. The number of rotatable bonds is 54. The van der Waals surface area contributed by atoms with E-state index < -0.39 is 45.1 Å². The van der Waals surface area contributed by atoms with Gasteiger partial charge in [-0.2, -0.15) is 0 Å². The smallest absolute Gasteiger partial charge is 0.472 e. The molecule has 3 unspecified atom stereocenters. The Hall–Kier alpha value is -2.33. The summed E-state index contributed by atoms with van der Waals surface area (Å²) in [6.45, 7) is 3.88. The van der Waals surface area contributed by atoms with Crippen LogP contribution in [0.1, 0.15) is 258 Å². The van der Waals surface area contributed by atoms with E-state index in [0.717, 1.165) is 64.2 Å². The molecule has 0 aromatic heterocycles. The van der Waals surface area contributed by atoms with Gasteiger partial charge in [-0.05, 0) is 83.5 Å². The van der Waals surface area contributed by atoms with Crippen LogP contribution in [-0.2, 0) is 32.7 Å². The van der Waals surface area contributed by atoms with E-state index in [2.05, 4.69) is 74.6 Å². The van der Waals surface area contributed by atoms with Gasteiger partial charge in [0.05, 0.1) is 19.8 Å². The Morgan fingerprint density at radius 1 is 0.464 bits per heavy atom. The molecule has 4 N–H and O–H groups in total. The largest absolute Gasteiger partial charge is 0.480 e. The molecule has 3 atom stereocenters. The first-order valence-corrected chi connectivity index (χ1v) is 29.8. The van der Waals surface area contributed by atoms with Crippen LogP contribution in [0.5, 0.6) is 0 Å². The average Bonchev–Trinajstić information content (AvgIpc) is 3.33. The fourth-order valence-corrected chi connectivity index (χ4v) is 8.66. The lowest BCUT2D eigenvalue weighted by Crippen LogP contribution is -2.34. The zero-order valence-corrected chi connectivity index (χ0v) is 45.3. The second-order valence-corrected chi connectivity index (χ2v) is 20.5. The number of carbonyl (C=O) groups excluding carboxylic acids is 1. The van der Waals surface area contributed by atoms with Gasteiger partial charge in [0.1, 0.15) is 12.1 Å². The van der Waals surface area contributed by atoms with E-state index in [1.165, 1.54) is 167 Å². The topological polar surface area (TPSA) is 155 Å². The van der Waals surface area contributed by atoms with Crippen molar-refractivity contribution in [3.8, 4) is 0 Å². The Balaban J connectivity index is 4.11. The predicted molar refractivity (Wildman–Crippen MR) is 291 cm³/mol. The van der Waals surface area contributed by atoms with Gasteiger partial charge in [0.25, 0.3) is 0 Å². The fourth-order valence-electron chi connectivity index (χ4n) is 7.88. The molecule has 69 heavy (non-hydrogen) atoms. The molecule has 10 nitrogen and oxygen atoms in total. The summed E-state index contributed by atoms with van der Waals surface area (Å²) in [4.78, 5) is 33.8. The molecule has 0 spiro atoms. The van der Waals surface area contributed by atoms with Crippen LogP contribution in [0.2, 0.25) is 0 Å². The number of esters is 1. The molecule has 0 aliphatic rings. The minimum absolute atomic E-state index is 0.0120. The molecule has 0 radical (unpaired) electrons. The van der Waals surface area contributed by atoms with Gasteiger partial charge in [0.2, 0.25) is 0 Å². The lowest BCUT2D eigenvalue weighted by Gasteiger charge is -2.20. The summed E-state index contributed by atoms with van der Waals surface area (Å²) in [6, 6.07) is -1.48. The molecule has 0 aromatic rings. The van der Waals surface area contributed by atoms with Gasteiger partial charge < -0.3 is 25.2 Å². The molecule has 0 amide bonds. The van der Waals surface area contributed by atoms with Crippen LogP contribution in [0.4, 0.5) is 0 Å². The molecule has 0 aliphatic carbocycles. The van der Waals surface area contributed by atoms with Crippen molar-refractivity contribution < 1.29 is 42.7 Å². The van der Waals surface area contributed by atoms with Crippen LogP contribution in [0.15, 0.2) is 60.8 Å². The highest BCUT2D eigenvalue weighted by atomic mass is 31.2. The quantitative estimate of drug-likeness (QED) is 0.0232. The molecule has 0 saturated carbocycles. The maximum absolute atomic E-state index is 12.7. The standard InChI is InChI=1S/C58H106NO9P/c1-3-5-7-9-11-13-15-17-19-21-23-25-27-29-31-33-35-37-39-41-43-45-47-49-51-65-52-55(53-66-69(63,64)67-54-56(59)58(61)62)68-57(60)50-48-46-44-42-40-38-36-34-32-30-28-26-24-22-20-18-16-14-12-10-8-6-4-2/h15-18,21-24,28,30,55-56H,3-14,19-20,25-27,29,31-54,59H2,1-2H3,(H,61,62)(H,63,64)/b17-15-,18-16-,23-21-,24-22-,30-28-. The second kappa shape index (κ2) is 53.5. The van der Waals surface area contributed by atoms with Gasteiger partial charge in [-0.25, -0.2) is 4.57 Å². The van der Waals surface area contributed by atoms with Gasteiger partial charge in [-0.15, -0.1) is 0 Å². The van der Waals surface area contributed by atoms with E-state index >= 15 is 0 Å². The number of hydrogen-bond acceptors (Lipinski definition) is 8. The van der Waals surface area contributed by atoms with Gasteiger partial charge >= 0.3 is 19.8 Å². The number of aliphatic carboxylic acids is 1. The highest BCUT2D eigenvalue weighted by Gasteiger charge is 2.27. The number of phosphoric ester groups is 1. The first kappa shape index (κ1) is 66.7. The van der Waals surface area contributed by atoms with Crippen molar-refractivity contribution in [1.82, 2.24) is 0 Å². The van der Waals surface area contributed by atoms with E-state index in [0.29, 0.717) is 13.0 Å². The number of carboxylic acid groups (broad SMARTS) is 1. The molecule has 0 heterocycles. The van der Waals surface area contributed by atoms with E-state index in [4.69, 9.17) is 29.4 Å². The molecule has 0 rings (SSSR count). The summed E-state index contributed by atoms with van der Waals surface area (Å²) in [7, 11) is -4.63. The van der Waals surface area contributed by atoms with Crippen molar-refractivity contribution in [2.45, 2.75) is 270 Å². The SMILES string of the molecule is CCCCCCC/C=C\C/C=C\C/C=C\CCCCCCCCCCC(=O)OC(COCCCCCCCCCCCCCC/C=C\C/C=C\CCCCCCC)COP(=O)(O)OCC(N)C(=O)O. The van der Waals surface area contributed by atoms with E-state index in [1.807, 2.05) is 0 Å². The van der Waals surface area contributed by atoms with Gasteiger partial charge in [0.15, 0.2) is 0 Å². The molecule has 0 saturated heterocycles. The number of allylic oxidation sites excluding steroid dienone is 10. The highest BCUT2D eigenvalue weighted by molar-refractivity contribution is 7.47. The number of unbranched alkanes of at least 4 members (excludes halogenated alkanes) is 30. The number of carbonyl (C=O) groups is 2. The minimum atomic E-state index is -4.63. The van der Waals surface area contributed by atoms with Crippen molar-refractivity contribution in [3.05, 3.63) is 60.8 Å². The Morgan fingerprint density at radius 2 is 0.797 bits per heavy atom. The third kappa shape index (κ3) is 53.3. The van der Waals surface area contributed by atoms with Crippen LogP contribution in [0, 0.1) is 0 Å². The zero-order chi connectivity index (χ0) is 50.4. The van der Waals surface area contributed by atoms with Crippen molar-refractivity contribution >= 4 is 19.8 Å². The maximum atomic E-state index is 12.7. The first-order chi connectivity index (χ1) is 33.7. The average molecular weight is 992 g/mol. The summed E-state index contributed by atoms with van der Waals surface area (Å²) in [5.41, 5.74) is 5.39. The monoisotopic (exact) mass is 992 g/mol. The van der Waals surface area contributed by atoms with Gasteiger partial charge in [-0.3, -0.25) is 18.6 Å². The third-order valence-corrected chi connectivity index (χ3v) is 13.2. The first-order valence-electron chi connectivity index (χ1n) is 28.3. The van der Waals surface area contributed by atoms with Gasteiger partial charge in [-0.1, -0.05) is 229 Å². The number of carboxylic acids is 1. The lowest BCUT2D eigenvalue weighted by molar-refractivity contribution is -0.154. The maximum Gasteiger partial charge on any atom is 0.472 e. The zero-order valence-electron chi connectivity index (χ0n) is 44.4. The lowest BCUT2D eigenvalue weighted by atomic mass is 10.0. The van der Waals surface area contributed by atoms with Crippen LogP contribution in [-0.4, -0.2) is 60.5 Å². The Morgan fingerprint density at radius 3 is 1.19 bits per heavy atom. The van der Waals surface area contributed by atoms with Crippen LogP contribution >= 0.6 is 7.82 Å². The van der Waals surface area contributed by atoms with Crippen LogP contribution < -0.4 is 5.73 Å². The normalized spacial score (nSPS) is 14.0. The molecule has 11 heteroatoms. The minimum Gasteiger partial charge on any atom is -0.480 e. The predicted octanol–water partition coefficient (Wildman–Crippen LogP) is 17.1. The molecular weight excluding hydrogens is 886 g/mol. The molecule has 0 aliphatic heterocycles. The van der Waals surface area contributed by atoms with Crippen molar-refractivity contribution in [1.29, 1.82) is 0 Å². The van der Waals surface area contributed by atoms with Crippen molar-refractivity contribution in [2.75, 3.05) is 26.4 Å². The number of hydrogen-bond donors (Lipinski definition) is 3. The Kier molecular flexibility index (Phi) is 51.7. The van der Waals surface area contributed by atoms with Crippen molar-refractivity contribution in [3.63, 3.8) is 0 Å². The van der Waals surface area contributed by atoms with Gasteiger partial charge in [0, 0.05) is 13.0 Å². The van der Waals surface area contributed by atoms with E-state index in [1.54, 1.807) is 0 Å². The van der Waals surface area contributed by atoms with Crippen LogP contribution in [0.25, 0.3) is 0 Å². The van der Waals surface area contributed by atoms with E-state index in [9.17, 15) is 19.0 Å². The summed E-state index contributed by atoms with van der Waals surface area (Å²) < 4.78 is 33.6. The highest BCUT2D eigenvalue weighted by Crippen LogP contribution is 2.43. The summed E-state index contributed by atoms with van der Waals surface area (Å²) in [6.07, 6.45) is 67.1. The number of phosphoric acid groups is 1. The van der Waals surface area contributed by atoms with E-state index in [-0.39, 0.29) is 13.0 Å². The van der Waals surface area contributed by atoms with Crippen LogP contribution in [0.3, 0.4) is 0 Å². The Bertz CT molecular complexity index is 1330. The molecule has 0 aromatic carbocycles. The third-order valence-electron chi connectivity index (χ3n) is 12.3. The summed E-state index contributed by atoms with van der Waals surface area (Å²) in [5.74, 6) is -1.78. The Labute approximate surface area is 423 Å². The second-order valence-electron chi connectivity index (χ2n) is 19.1. The number of ether oxygens (including phenoxy) is 2. The van der Waals surface area contributed by atoms with Crippen molar-refractivity contribution in [2.24, 2.45) is 5.73 Å². The molecule has 402 valence electrons. The fraction of sp³-hybridized carbons (Fsp3) is 0.793. The summed E-state index contributed by atoms with van der Waals surface area (Å²) in [5, 5.41) is 8.95. The molecule has 0 bridgehead atoms. The molecule has 0 fully saturated rings. The number of nitrogens with two attached hydrogens (primary N) is 1.